The average molecular weight is 489 g/mol. The van der Waals surface area contributed by atoms with Crippen molar-refractivity contribution in [3.05, 3.63) is 119 Å². The fraction of sp³-hybridized carbons (Fsp3) is 0.242. The van der Waals surface area contributed by atoms with Gasteiger partial charge in [-0.1, -0.05) is 84.4 Å². The lowest BCUT2D eigenvalue weighted by molar-refractivity contribution is -0.145. The van der Waals surface area contributed by atoms with Crippen LogP contribution in [-0.2, 0) is 10.3 Å². The van der Waals surface area contributed by atoms with Crippen molar-refractivity contribution in [2.75, 3.05) is 27.4 Å². The molecule has 1 aliphatic rings. The van der Waals surface area contributed by atoms with E-state index in [1.54, 1.807) is 7.11 Å². The molecular formula is C33H32N2O2. The predicted octanol–water partition coefficient (Wildman–Crippen LogP) is 7.04. The fourth-order valence-electron chi connectivity index (χ4n) is 5.92. The number of benzene rings is 4. The zero-order valence-corrected chi connectivity index (χ0v) is 21.6. The third-order valence-electron chi connectivity index (χ3n) is 7.72. The Kier molecular flexibility index (Phi) is 6.15. The molecule has 37 heavy (non-hydrogen) atoms. The molecule has 2 atom stereocenters. The highest BCUT2D eigenvalue weighted by Crippen LogP contribution is 2.52. The van der Waals surface area contributed by atoms with E-state index in [9.17, 15) is 0 Å². The van der Waals surface area contributed by atoms with Crippen LogP contribution < -0.4 is 4.74 Å². The van der Waals surface area contributed by atoms with Crippen molar-refractivity contribution in [2.24, 2.45) is 0 Å². The summed E-state index contributed by atoms with van der Waals surface area (Å²) in [6.45, 7) is 3.60. The Morgan fingerprint density at radius 1 is 0.892 bits per heavy atom. The summed E-state index contributed by atoms with van der Waals surface area (Å²) in [6, 6.07) is 34.5. The van der Waals surface area contributed by atoms with Crippen molar-refractivity contribution >= 4 is 21.7 Å². The highest BCUT2D eigenvalue weighted by Gasteiger charge is 2.47. The van der Waals surface area contributed by atoms with Gasteiger partial charge in [-0.25, -0.2) is 4.98 Å². The summed E-state index contributed by atoms with van der Waals surface area (Å²) < 4.78 is 13.0. The Morgan fingerprint density at radius 3 is 2.46 bits per heavy atom. The maximum atomic E-state index is 7.02. The molecule has 0 spiro atoms. The van der Waals surface area contributed by atoms with Crippen molar-refractivity contribution in [1.82, 2.24) is 9.88 Å². The summed E-state index contributed by atoms with van der Waals surface area (Å²) in [7, 11) is 3.83. The number of methoxy groups -OCH3 is 1. The summed E-state index contributed by atoms with van der Waals surface area (Å²) in [6.07, 6.45) is 0.839. The van der Waals surface area contributed by atoms with Crippen molar-refractivity contribution in [3.63, 3.8) is 0 Å². The normalized spacial score (nSPS) is 19.2. The highest BCUT2D eigenvalue weighted by molar-refractivity contribution is 5.87. The third kappa shape index (κ3) is 4.16. The summed E-state index contributed by atoms with van der Waals surface area (Å²) in [5.74, 6) is 0.521. The van der Waals surface area contributed by atoms with Crippen LogP contribution in [0.5, 0.6) is 5.88 Å². The Hall–Kier alpha value is -3.73. The standard InChI is InChI=1S/C33H32N2O2/c1-23-16-17-30-26(20-23)21-28(32(34-30)36-3)31(25-11-5-4-6-12-25)33(18-19-35(2)22-37-33)29-15-9-13-24-10-7-8-14-27(24)29/h4-17,20-21,31H,18-19,22H2,1-3H3/t31-,33+/m1/s1. The second-order valence-electron chi connectivity index (χ2n) is 10.1. The molecule has 1 aliphatic heterocycles. The minimum atomic E-state index is -0.610. The molecule has 0 aliphatic carbocycles. The molecule has 4 aromatic carbocycles. The van der Waals surface area contributed by atoms with Crippen LogP contribution in [0.1, 0.15) is 34.6 Å². The van der Waals surface area contributed by atoms with Gasteiger partial charge < -0.3 is 9.47 Å². The van der Waals surface area contributed by atoms with E-state index in [2.05, 4.69) is 116 Å². The molecule has 2 heterocycles. The monoisotopic (exact) mass is 488 g/mol. The van der Waals surface area contributed by atoms with Gasteiger partial charge in [-0.15, -0.1) is 0 Å². The van der Waals surface area contributed by atoms with E-state index in [4.69, 9.17) is 14.5 Å². The largest absolute Gasteiger partial charge is 0.481 e. The van der Waals surface area contributed by atoms with Gasteiger partial charge in [0.15, 0.2) is 0 Å². The van der Waals surface area contributed by atoms with E-state index >= 15 is 0 Å². The molecule has 4 heteroatoms. The first kappa shape index (κ1) is 23.7. The number of pyridine rings is 1. The average Bonchev–Trinajstić information content (AvgIpc) is 2.94. The molecule has 1 saturated heterocycles. The van der Waals surface area contributed by atoms with Gasteiger partial charge in [0.05, 0.1) is 12.6 Å². The SMILES string of the molecule is COc1nc2ccc(C)cc2cc1[C@@H](c1ccccc1)[C@@]1(c2cccc3ccccc23)CCN(C)CO1. The maximum absolute atomic E-state index is 7.02. The van der Waals surface area contributed by atoms with Crippen LogP contribution in [0.3, 0.4) is 0 Å². The Labute approximate surface area is 218 Å². The van der Waals surface area contributed by atoms with Crippen LogP contribution in [-0.4, -0.2) is 37.3 Å². The van der Waals surface area contributed by atoms with E-state index in [0.717, 1.165) is 29.4 Å². The fourth-order valence-corrected chi connectivity index (χ4v) is 5.92. The van der Waals surface area contributed by atoms with Crippen LogP contribution in [0.2, 0.25) is 0 Å². The van der Waals surface area contributed by atoms with Gasteiger partial charge >= 0.3 is 0 Å². The lowest BCUT2D eigenvalue weighted by atomic mass is 9.70. The Morgan fingerprint density at radius 2 is 1.68 bits per heavy atom. The van der Waals surface area contributed by atoms with Crippen molar-refractivity contribution in [3.8, 4) is 5.88 Å². The van der Waals surface area contributed by atoms with Crippen LogP contribution in [0, 0.1) is 6.92 Å². The number of fused-ring (bicyclic) bond motifs is 2. The minimum Gasteiger partial charge on any atom is -0.481 e. The molecule has 0 unspecified atom stereocenters. The Balaban J connectivity index is 1.68. The van der Waals surface area contributed by atoms with Gasteiger partial charge in [0, 0.05) is 23.4 Å². The van der Waals surface area contributed by atoms with Gasteiger partial charge in [0.2, 0.25) is 5.88 Å². The number of rotatable bonds is 5. The van der Waals surface area contributed by atoms with E-state index in [1.165, 1.54) is 27.5 Å². The molecular weight excluding hydrogens is 456 g/mol. The number of aryl methyl sites for hydroxylation is 1. The first-order chi connectivity index (χ1) is 18.1. The zero-order chi connectivity index (χ0) is 25.4. The van der Waals surface area contributed by atoms with Gasteiger partial charge in [0.1, 0.15) is 12.3 Å². The van der Waals surface area contributed by atoms with Gasteiger partial charge in [-0.3, -0.25) is 4.90 Å². The molecule has 0 bridgehead atoms. The second kappa shape index (κ2) is 9.62. The lowest BCUT2D eigenvalue weighted by Crippen LogP contribution is -2.47. The number of ether oxygens (including phenoxy) is 2. The Bertz CT molecular complexity index is 1550. The summed E-state index contributed by atoms with van der Waals surface area (Å²) in [4.78, 5) is 7.23. The van der Waals surface area contributed by atoms with Gasteiger partial charge in [-0.05, 0) is 60.5 Å². The second-order valence-corrected chi connectivity index (χ2v) is 10.1. The molecule has 0 amide bonds. The molecule has 4 nitrogen and oxygen atoms in total. The van der Waals surface area contributed by atoms with Crippen LogP contribution in [0.4, 0.5) is 0 Å². The first-order valence-corrected chi connectivity index (χ1v) is 12.9. The number of nitrogens with zero attached hydrogens (tertiary/aromatic N) is 2. The zero-order valence-electron chi connectivity index (χ0n) is 21.6. The van der Waals surface area contributed by atoms with Gasteiger partial charge in [0.25, 0.3) is 0 Å². The number of aromatic nitrogens is 1. The van der Waals surface area contributed by atoms with E-state index in [-0.39, 0.29) is 5.92 Å². The molecule has 0 N–H and O–H groups in total. The number of hydrogen-bond acceptors (Lipinski definition) is 4. The van der Waals surface area contributed by atoms with E-state index < -0.39 is 5.60 Å². The third-order valence-corrected chi connectivity index (χ3v) is 7.72. The smallest absolute Gasteiger partial charge is 0.217 e. The van der Waals surface area contributed by atoms with Crippen LogP contribution >= 0.6 is 0 Å². The molecule has 0 saturated carbocycles. The summed E-state index contributed by atoms with van der Waals surface area (Å²) in [5, 5.41) is 3.55. The molecule has 1 fully saturated rings. The predicted molar refractivity (Wildman–Crippen MR) is 150 cm³/mol. The highest BCUT2D eigenvalue weighted by atomic mass is 16.5. The van der Waals surface area contributed by atoms with Gasteiger partial charge in [-0.2, -0.15) is 0 Å². The number of hydrogen-bond donors (Lipinski definition) is 0. The quantitative estimate of drug-likeness (QED) is 0.266. The molecule has 1 aromatic heterocycles. The minimum absolute atomic E-state index is 0.124. The van der Waals surface area contributed by atoms with E-state index in [0.29, 0.717) is 12.6 Å². The van der Waals surface area contributed by atoms with Crippen molar-refractivity contribution in [2.45, 2.75) is 24.9 Å². The lowest BCUT2D eigenvalue weighted by Gasteiger charge is -2.47. The van der Waals surface area contributed by atoms with E-state index in [1.807, 2.05) is 0 Å². The van der Waals surface area contributed by atoms with Crippen molar-refractivity contribution in [1.29, 1.82) is 0 Å². The van der Waals surface area contributed by atoms with Crippen LogP contribution in [0.15, 0.2) is 97.1 Å². The topological polar surface area (TPSA) is 34.6 Å². The molecule has 5 aromatic rings. The maximum Gasteiger partial charge on any atom is 0.217 e. The van der Waals surface area contributed by atoms with Crippen LogP contribution in [0.25, 0.3) is 21.7 Å². The summed E-state index contributed by atoms with van der Waals surface area (Å²) >= 11 is 0. The summed E-state index contributed by atoms with van der Waals surface area (Å²) in [5.41, 5.74) is 4.97. The molecule has 0 radical (unpaired) electrons. The molecule has 186 valence electrons. The molecule has 6 rings (SSSR count). The van der Waals surface area contributed by atoms with Crippen molar-refractivity contribution < 1.29 is 9.47 Å². The first-order valence-electron chi connectivity index (χ1n) is 12.9.